The monoisotopic (exact) mass is 232 g/mol. The van der Waals surface area contributed by atoms with Crippen molar-refractivity contribution in [3.8, 4) is 0 Å². The molecule has 0 aromatic heterocycles. The van der Waals surface area contributed by atoms with Gasteiger partial charge in [0.15, 0.2) is 0 Å². The Morgan fingerprint density at radius 3 is 3.29 bits per heavy atom. The van der Waals surface area contributed by atoms with E-state index in [0.29, 0.717) is 11.5 Å². The van der Waals surface area contributed by atoms with Gasteiger partial charge in [-0.2, -0.15) is 0 Å². The molecular formula is C14H20N2O. The van der Waals surface area contributed by atoms with Gasteiger partial charge in [-0.25, -0.2) is 0 Å². The Morgan fingerprint density at radius 2 is 2.35 bits per heavy atom. The van der Waals surface area contributed by atoms with Gasteiger partial charge in [0, 0.05) is 38.5 Å². The van der Waals surface area contributed by atoms with Crippen molar-refractivity contribution < 1.29 is 4.74 Å². The summed E-state index contributed by atoms with van der Waals surface area (Å²) in [6.45, 7) is 4.80. The Hall–Kier alpha value is -0.960. The number of ether oxygens (including phenoxy) is 1. The number of rotatable bonds is 0. The van der Waals surface area contributed by atoms with Crippen LogP contribution < -0.4 is 0 Å². The molecule has 0 aromatic carbocycles. The molecule has 2 bridgehead atoms. The predicted molar refractivity (Wildman–Crippen MR) is 66.4 cm³/mol. The first-order valence-electron chi connectivity index (χ1n) is 6.77. The first-order valence-corrected chi connectivity index (χ1v) is 6.77. The molecule has 4 rings (SSSR count). The summed E-state index contributed by atoms with van der Waals surface area (Å²) < 4.78 is 6.31. The molecule has 1 unspecified atom stereocenters. The predicted octanol–water partition coefficient (Wildman–Crippen LogP) is 1.58. The second-order valence-electron chi connectivity index (χ2n) is 6.05. The molecule has 0 radical (unpaired) electrons. The van der Waals surface area contributed by atoms with Crippen molar-refractivity contribution in [1.29, 1.82) is 0 Å². The highest BCUT2D eigenvalue weighted by atomic mass is 16.5. The zero-order valence-electron chi connectivity index (χ0n) is 10.5. The van der Waals surface area contributed by atoms with Gasteiger partial charge < -0.3 is 14.5 Å². The van der Waals surface area contributed by atoms with Crippen molar-refractivity contribution in [3.05, 3.63) is 23.6 Å². The van der Waals surface area contributed by atoms with Gasteiger partial charge in [-0.3, -0.25) is 0 Å². The number of piperidine rings is 1. The molecule has 3 heteroatoms. The second kappa shape index (κ2) is 3.29. The minimum Gasteiger partial charge on any atom is -0.488 e. The van der Waals surface area contributed by atoms with E-state index in [-0.39, 0.29) is 0 Å². The molecule has 4 heterocycles. The number of likely N-dealkylation sites (N-methyl/N-ethyl adjacent to an activating group) is 1. The van der Waals surface area contributed by atoms with E-state index in [0.717, 1.165) is 12.3 Å². The quantitative estimate of drug-likeness (QED) is 0.631. The van der Waals surface area contributed by atoms with E-state index in [4.69, 9.17) is 4.74 Å². The summed E-state index contributed by atoms with van der Waals surface area (Å²) in [7, 11) is 2.19. The van der Waals surface area contributed by atoms with Gasteiger partial charge in [-0.05, 0) is 25.5 Å². The SMILES string of the molecule is CN1CC=CC2=C1C[C@@]13CCN(CC[C@H]1O2)C3. The lowest BCUT2D eigenvalue weighted by Gasteiger charge is -2.47. The molecule has 1 spiro atoms. The highest BCUT2D eigenvalue weighted by Crippen LogP contribution is 2.50. The molecule has 92 valence electrons. The summed E-state index contributed by atoms with van der Waals surface area (Å²) in [6, 6.07) is 0. The summed E-state index contributed by atoms with van der Waals surface area (Å²) in [5, 5.41) is 0. The topological polar surface area (TPSA) is 15.7 Å². The van der Waals surface area contributed by atoms with Crippen molar-refractivity contribution >= 4 is 0 Å². The van der Waals surface area contributed by atoms with Crippen molar-refractivity contribution in [2.45, 2.75) is 25.4 Å². The average molecular weight is 232 g/mol. The lowest BCUT2D eigenvalue weighted by Crippen LogP contribution is -2.49. The fourth-order valence-electron chi connectivity index (χ4n) is 4.01. The largest absolute Gasteiger partial charge is 0.488 e. The fourth-order valence-corrected chi connectivity index (χ4v) is 4.01. The van der Waals surface area contributed by atoms with Crippen LogP contribution in [0.2, 0.25) is 0 Å². The van der Waals surface area contributed by atoms with Crippen LogP contribution in [-0.2, 0) is 4.74 Å². The molecule has 17 heavy (non-hydrogen) atoms. The molecule has 2 saturated heterocycles. The summed E-state index contributed by atoms with van der Waals surface area (Å²) in [6.07, 6.45) is 8.63. The molecule has 0 aromatic rings. The lowest BCUT2D eigenvalue weighted by atomic mass is 9.72. The lowest BCUT2D eigenvalue weighted by molar-refractivity contribution is -0.0480. The van der Waals surface area contributed by atoms with E-state index in [1.54, 1.807) is 0 Å². The summed E-state index contributed by atoms with van der Waals surface area (Å²) >= 11 is 0. The van der Waals surface area contributed by atoms with Crippen LogP contribution in [0.15, 0.2) is 23.6 Å². The highest BCUT2D eigenvalue weighted by Gasteiger charge is 2.52. The first-order chi connectivity index (χ1) is 8.27. The maximum atomic E-state index is 6.31. The van der Waals surface area contributed by atoms with Crippen LogP contribution in [0.4, 0.5) is 0 Å². The van der Waals surface area contributed by atoms with E-state index in [1.165, 1.54) is 44.6 Å². The van der Waals surface area contributed by atoms with Crippen LogP contribution in [0, 0.1) is 5.41 Å². The third kappa shape index (κ3) is 1.32. The maximum Gasteiger partial charge on any atom is 0.138 e. The van der Waals surface area contributed by atoms with Crippen LogP contribution in [0.5, 0.6) is 0 Å². The average Bonchev–Trinajstić information content (AvgIpc) is 2.66. The van der Waals surface area contributed by atoms with Gasteiger partial charge in [-0.1, -0.05) is 6.08 Å². The van der Waals surface area contributed by atoms with Crippen LogP contribution >= 0.6 is 0 Å². The molecule has 2 fully saturated rings. The normalized spacial score (nSPS) is 43.2. The Bertz CT molecular complexity index is 414. The number of fused-ring (bicyclic) bond motifs is 1. The Kier molecular flexibility index (Phi) is 1.93. The van der Waals surface area contributed by atoms with Gasteiger partial charge in [-0.15, -0.1) is 0 Å². The highest BCUT2D eigenvalue weighted by molar-refractivity contribution is 5.29. The molecule has 0 amide bonds. The van der Waals surface area contributed by atoms with Crippen LogP contribution in [0.3, 0.4) is 0 Å². The van der Waals surface area contributed by atoms with E-state index in [9.17, 15) is 0 Å². The molecular weight excluding hydrogens is 212 g/mol. The molecule has 3 atom stereocenters. The van der Waals surface area contributed by atoms with Crippen LogP contribution in [0.1, 0.15) is 19.3 Å². The van der Waals surface area contributed by atoms with Crippen LogP contribution in [0.25, 0.3) is 0 Å². The zero-order valence-corrected chi connectivity index (χ0v) is 10.5. The van der Waals surface area contributed by atoms with Crippen LogP contribution in [-0.4, -0.2) is 49.1 Å². The fraction of sp³-hybridized carbons (Fsp3) is 0.714. The second-order valence-corrected chi connectivity index (χ2v) is 6.05. The maximum absolute atomic E-state index is 6.31. The van der Waals surface area contributed by atoms with Crippen molar-refractivity contribution in [2.75, 3.05) is 33.2 Å². The van der Waals surface area contributed by atoms with Crippen molar-refractivity contribution in [2.24, 2.45) is 5.41 Å². The Labute approximate surface area is 103 Å². The van der Waals surface area contributed by atoms with E-state index >= 15 is 0 Å². The van der Waals surface area contributed by atoms with Crippen molar-refractivity contribution in [1.82, 2.24) is 9.80 Å². The van der Waals surface area contributed by atoms with E-state index < -0.39 is 0 Å². The molecule has 4 aliphatic heterocycles. The summed E-state index contributed by atoms with van der Waals surface area (Å²) in [5.74, 6) is 1.15. The Morgan fingerprint density at radius 1 is 1.41 bits per heavy atom. The Balaban J connectivity index is 1.73. The molecule has 0 saturated carbocycles. The number of allylic oxidation sites excluding steroid dienone is 2. The third-order valence-corrected chi connectivity index (χ3v) is 5.04. The molecule has 0 N–H and O–H groups in total. The molecule has 4 aliphatic rings. The number of nitrogens with zero attached hydrogens (tertiary/aromatic N) is 2. The number of hydrogen-bond donors (Lipinski definition) is 0. The third-order valence-electron chi connectivity index (χ3n) is 5.04. The smallest absolute Gasteiger partial charge is 0.138 e. The van der Waals surface area contributed by atoms with Crippen molar-refractivity contribution in [3.63, 3.8) is 0 Å². The van der Waals surface area contributed by atoms with Gasteiger partial charge >= 0.3 is 0 Å². The van der Waals surface area contributed by atoms with Gasteiger partial charge in [0.05, 0.1) is 5.70 Å². The summed E-state index contributed by atoms with van der Waals surface area (Å²) in [5.41, 5.74) is 1.86. The standard InChI is InChI=1S/C14H20N2O/c1-15-6-2-3-12-11(15)9-14-5-8-16(10-14)7-4-13(14)17-12/h2-3,13H,4-10H2,1H3/t13-,14-/m1/s1. The minimum absolute atomic E-state index is 0.427. The molecule has 0 aliphatic carbocycles. The van der Waals surface area contributed by atoms with E-state index in [2.05, 4.69) is 29.0 Å². The summed E-state index contributed by atoms with van der Waals surface area (Å²) in [4.78, 5) is 4.97. The van der Waals surface area contributed by atoms with Gasteiger partial charge in [0.2, 0.25) is 0 Å². The zero-order chi connectivity index (χ0) is 11.5. The van der Waals surface area contributed by atoms with E-state index in [1.807, 2.05) is 0 Å². The minimum atomic E-state index is 0.427. The number of hydrogen-bond acceptors (Lipinski definition) is 3. The van der Waals surface area contributed by atoms with Gasteiger partial charge in [0.25, 0.3) is 0 Å². The molecule has 3 nitrogen and oxygen atoms in total. The van der Waals surface area contributed by atoms with Gasteiger partial charge in [0.1, 0.15) is 11.9 Å². The first kappa shape index (κ1) is 10.0.